The van der Waals surface area contributed by atoms with E-state index in [0.717, 1.165) is 83.5 Å². The lowest BCUT2D eigenvalue weighted by Gasteiger charge is -2.24. The van der Waals surface area contributed by atoms with Gasteiger partial charge >= 0.3 is 13.8 Å². The topological polar surface area (TPSA) is 91.3 Å². The van der Waals surface area contributed by atoms with Gasteiger partial charge in [-0.15, -0.1) is 0 Å². The van der Waals surface area contributed by atoms with Crippen molar-refractivity contribution in [2.24, 2.45) is 0 Å². The lowest BCUT2D eigenvalue weighted by Crippen LogP contribution is -2.37. The molecule has 67 heavy (non-hydrogen) atoms. The van der Waals surface area contributed by atoms with Gasteiger partial charge in [0.15, 0.2) is 0 Å². The molecule has 0 aromatic rings. The van der Waals surface area contributed by atoms with Gasteiger partial charge in [-0.3, -0.25) is 13.8 Å². The van der Waals surface area contributed by atoms with Crippen molar-refractivity contribution in [3.8, 4) is 0 Å². The van der Waals surface area contributed by atoms with Crippen molar-refractivity contribution in [3.63, 3.8) is 0 Å². The number of hydrogen-bond acceptors (Lipinski definition) is 6. The van der Waals surface area contributed by atoms with Gasteiger partial charge in [0, 0.05) is 13.0 Å². The number of likely N-dealkylation sites (N-methyl/N-ethyl adjacent to an activating group) is 1. The van der Waals surface area contributed by atoms with Crippen molar-refractivity contribution >= 4 is 13.8 Å². The molecule has 0 saturated carbocycles. The number of unbranched alkanes of at least 4 members (excludes halogenated alkanes) is 22. The summed E-state index contributed by atoms with van der Waals surface area (Å²) in [7, 11) is 1.65. The van der Waals surface area contributed by atoms with Gasteiger partial charge in [0.1, 0.15) is 19.3 Å². The second-order valence-electron chi connectivity index (χ2n) is 19.2. The van der Waals surface area contributed by atoms with Gasteiger partial charge in [0.2, 0.25) is 0 Å². The molecule has 1 N–H and O–H groups in total. The Bertz CT molecular complexity index is 1340. The van der Waals surface area contributed by atoms with Gasteiger partial charge < -0.3 is 18.9 Å². The molecule has 0 heterocycles. The monoisotopic (exact) mass is 959 g/mol. The Morgan fingerprint density at radius 1 is 0.478 bits per heavy atom. The first kappa shape index (κ1) is 64.7. The maximum atomic E-state index is 12.8. The van der Waals surface area contributed by atoms with Crippen LogP contribution in [0.1, 0.15) is 219 Å². The van der Waals surface area contributed by atoms with E-state index in [2.05, 4.69) is 98.9 Å². The Morgan fingerprint density at radius 3 is 1.30 bits per heavy atom. The lowest BCUT2D eigenvalue weighted by molar-refractivity contribution is -0.870. The molecule has 0 radical (unpaired) electrons. The summed E-state index contributed by atoms with van der Waals surface area (Å²) in [4.78, 5) is 23.1. The maximum absolute atomic E-state index is 12.8. The van der Waals surface area contributed by atoms with Crippen LogP contribution < -0.4 is 0 Å². The normalized spacial score (nSPS) is 14.2. The van der Waals surface area contributed by atoms with Crippen molar-refractivity contribution < 1.29 is 37.3 Å². The number of phosphoric acid groups is 1. The van der Waals surface area contributed by atoms with E-state index in [1.54, 1.807) is 0 Å². The first-order valence-electron chi connectivity index (χ1n) is 27.3. The summed E-state index contributed by atoms with van der Waals surface area (Å²) < 4.78 is 35.2. The molecule has 2 unspecified atom stereocenters. The van der Waals surface area contributed by atoms with E-state index >= 15 is 0 Å². The van der Waals surface area contributed by atoms with Crippen LogP contribution in [0.25, 0.3) is 0 Å². The number of rotatable bonds is 50. The molecule has 0 spiro atoms. The summed E-state index contributed by atoms with van der Waals surface area (Å²) in [5, 5.41) is 0. The fourth-order valence-electron chi connectivity index (χ4n) is 7.26. The molecule has 0 fully saturated rings. The van der Waals surface area contributed by atoms with Crippen LogP contribution >= 0.6 is 7.82 Å². The molecule has 0 aromatic carbocycles. The molecule has 9 heteroatoms. The van der Waals surface area contributed by atoms with E-state index < -0.39 is 13.9 Å². The van der Waals surface area contributed by atoms with Crippen LogP contribution in [0.4, 0.5) is 0 Å². The quantitative estimate of drug-likeness (QED) is 0.0213. The molecule has 0 amide bonds. The minimum absolute atomic E-state index is 0.0810. The van der Waals surface area contributed by atoms with E-state index in [1.165, 1.54) is 116 Å². The van der Waals surface area contributed by atoms with Gasteiger partial charge in [-0.2, -0.15) is 0 Å². The van der Waals surface area contributed by atoms with Crippen molar-refractivity contribution in [2.75, 3.05) is 54.1 Å². The molecule has 0 bridgehead atoms. The Kier molecular flexibility index (Phi) is 48.3. The molecular weight excluding hydrogens is 854 g/mol. The number of ether oxygens (including phenoxy) is 2. The predicted octanol–water partition coefficient (Wildman–Crippen LogP) is 17.2. The van der Waals surface area contributed by atoms with Gasteiger partial charge in [0.05, 0.1) is 34.4 Å². The van der Waals surface area contributed by atoms with E-state index in [9.17, 15) is 14.3 Å². The third kappa shape index (κ3) is 54.5. The summed E-state index contributed by atoms with van der Waals surface area (Å²) in [6.07, 6.45) is 67.8. The van der Waals surface area contributed by atoms with Crippen LogP contribution in [-0.4, -0.2) is 75.6 Å². The maximum Gasteiger partial charge on any atom is 0.472 e. The molecule has 388 valence electrons. The molecule has 0 saturated heterocycles. The number of carbonyl (C=O) groups is 1. The number of esters is 1. The van der Waals surface area contributed by atoms with Crippen LogP contribution in [0.2, 0.25) is 0 Å². The highest BCUT2D eigenvalue weighted by Crippen LogP contribution is 2.43. The summed E-state index contributed by atoms with van der Waals surface area (Å²) in [5.74, 6) is -0.323. The smallest absolute Gasteiger partial charge is 0.457 e. The molecule has 8 nitrogen and oxygen atoms in total. The zero-order valence-electron chi connectivity index (χ0n) is 44.1. The Labute approximate surface area is 414 Å². The third-order valence-electron chi connectivity index (χ3n) is 11.4. The first-order valence-corrected chi connectivity index (χ1v) is 28.8. The second kappa shape index (κ2) is 50.1. The van der Waals surface area contributed by atoms with E-state index in [4.69, 9.17) is 18.5 Å². The molecule has 0 aliphatic carbocycles. The standard InChI is InChI=1S/C58H104NO7P/c1-6-8-10-12-14-16-18-20-22-24-26-28-30-31-33-35-37-39-41-43-45-47-49-51-58(60)66-57(56-65-67(61,62)64-54-52-59(3,4)5)55-63-53-50-48-46-44-42-40-38-36-34-32-29-27-25-23-21-19-17-15-13-11-9-7-2/h9,11,15,17-18,20-21,23-24,26-27,29,34,36,57H,6-8,10,12-14,16,19,22,25,28,30-33,35,37-56H2,1-5H3/p+1/b11-9-,17-15-,20-18-,23-21-,26-24-,29-27-,36-34-. The summed E-state index contributed by atoms with van der Waals surface area (Å²) in [6, 6.07) is 0. The Morgan fingerprint density at radius 2 is 0.866 bits per heavy atom. The summed E-state index contributed by atoms with van der Waals surface area (Å²) in [5.41, 5.74) is 0. The van der Waals surface area contributed by atoms with Crippen LogP contribution in [0.5, 0.6) is 0 Å². The molecule has 2 atom stereocenters. The van der Waals surface area contributed by atoms with Crippen LogP contribution in [0.3, 0.4) is 0 Å². The molecular formula is C58H105NO7P+. The summed E-state index contributed by atoms with van der Waals surface area (Å²) in [6.45, 7) is 5.46. The Balaban J connectivity index is 4.16. The Hall–Kier alpha value is -2.32. The van der Waals surface area contributed by atoms with Crippen molar-refractivity contribution in [1.82, 2.24) is 0 Å². The van der Waals surface area contributed by atoms with E-state index in [1.807, 2.05) is 21.1 Å². The van der Waals surface area contributed by atoms with E-state index in [-0.39, 0.29) is 25.8 Å². The average Bonchev–Trinajstić information content (AvgIpc) is 3.29. The third-order valence-corrected chi connectivity index (χ3v) is 12.4. The fraction of sp³-hybridized carbons (Fsp3) is 0.741. The summed E-state index contributed by atoms with van der Waals surface area (Å²) >= 11 is 0. The largest absolute Gasteiger partial charge is 0.472 e. The van der Waals surface area contributed by atoms with Crippen LogP contribution in [-0.2, 0) is 27.9 Å². The lowest BCUT2D eigenvalue weighted by atomic mass is 10.0. The van der Waals surface area contributed by atoms with Gasteiger partial charge in [-0.05, 0) is 89.9 Å². The zero-order valence-corrected chi connectivity index (χ0v) is 45.0. The molecule has 0 rings (SSSR count). The number of carbonyl (C=O) groups excluding carboxylic acids is 1. The first-order chi connectivity index (χ1) is 32.6. The minimum Gasteiger partial charge on any atom is -0.457 e. The van der Waals surface area contributed by atoms with Gasteiger partial charge in [-0.25, -0.2) is 4.57 Å². The molecule has 0 aromatic heterocycles. The fourth-order valence-corrected chi connectivity index (χ4v) is 8.00. The predicted molar refractivity (Wildman–Crippen MR) is 288 cm³/mol. The highest BCUT2D eigenvalue weighted by Gasteiger charge is 2.26. The number of nitrogens with zero attached hydrogens (tertiary/aromatic N) is 1. The van der Waals surface area contributed by atoms with Crippen molar-refractivity contribution in [1.29, 1.82) is 0 Å². The van der Waals surface area contributed by atoms with Gasteiger partial charge in [0.25, 0.3) is 0 Å². The van der Waals surface area contributed by atoms with Gasteiger partial charge in [-0.1, -0.05) is 208 Å². The second-order valence-corrected chi connectivity index (χ2v) is 20.7. The van der Waals surface area contributed by atoms with Crippen LogP contribution in [0.15, 0.2) is 85.1 Å². The average molecular weight is 959 g/mol. The van der Waals surface area contributed by atoms with E-state index in [0.29, 0.717) is 24.1 Å². The number of phosphoric ester groups is 1. The van der Waals surface area contributed by atoms with Crippen LogP contribution in [0, 0.1) is 0 Å². The number of hydrogen-bond donors (Lipinski definition) is 1. The highest BCUT2D eigenvalue weighted by atomic mass is 31.2. The number of quaternary nitrogens is 1. The SMILES string of the molecule is CC/C=C\C/C=C\C/C=C\C/C=C\C/C=C\CCCCCCCCOCC(COP(=O)(O)OCC[N+](C)(C)C)OC(=O)CCCCCCCCCCCCC/C=C\C/C=C\CCCCCCC. The van der Waals surface area contributed by atoms with Crippen molar-refractivity contribution in [2.45, 2.75) is 225 Å². The van der Waals surface area contributed by atoms with Crippen molar-refractivity contribution in [3.05, 3.63) is 85.1 Å². The number of allylic oxidation sites excluding steroid dienone is 14. The molecule has 0 aliphatic rings. The zero-order chi connectivity index (χ0) is 49.0. The molecule has 0 aliphatic heterocycles. The highest BCUT2D eigenvalue weighted by molar-refractivity contribution is 7.47. The minimum atomic E-state index is -4.29.